The third kappa shape index (κ3) is 5.53. The molecule has 1 aromatic heterocycles. The van der Waals surface area contributed by atoms with Gasteiger partial charge in [-0.05, 0) is 190 Å². The molecule has 2 bridgehead atoms. The van der Waals surface area contributed by atoms with Crippen molar-refractivity contribution in [2.24, 2.45) is 5.92 Å². The smallest absolute Gasteiger partial charge is 0.264 e. The molecule has 6 aromatic rings. The first-order valence-electron chi connectivity index (χ1n) is 24.2. The Labute approximate surface area is 376 Å². The van der Waals surface area contributed by atoms with Crippen molar-refractivity contribution >= 4 is 78.0 Å². The lowest BCUT2D eigenvalue weighted by molar-refractivity contribution is 0.136. The van der Waals surface area contributed by atoms with Gasteiger partial charge in [0.2, 0.25) is 0 Å². The number of anilines is 6. The second-order valence-corrected chi connectivity index (χ2v) is 25.1. The lowest BCUT2D eigenvalue weighted by atomic mass is 9.35. The van der Waals surface area contributed by atoms with Crippen molar-refractivity contribution in [2.75, 3.05) is 9.80 Å². The lowest BCUT2D eigenvalue weighted by Crippen LogP contribution is -2.61. The van der Waals surface area contributed by atoms with Crippen molar-refractivity contribution in [3.8, 4) is 0 Å². The van der Waals surface area contributed by atoms with Crippen LogP contribution in [0, 0.1) is 5.92 Å². The molecule has 0 amide bonds. The number of hydrogen-bond donors (Lipinski definition) is 0. The number of benzene rings is 5. The number of thiophene rings is 1. The Balaban J connectivity index is 1.24. The summed E-state index contributed by atoms with van der Waals surface area (Å²) in [6.45, 7) is 24.4. The predicted octanol–water partition coefficient (Wildman–Crippen LogP) is 14.2. The average Bonchev–Trinajstić information content (AvgIpc) is 3.92. The van der Waals surface area contributed by atoms with E-state index < -0.39 is 0 Å². The van der Waals surface area contributed by atoms with Gasteiger partial charge in [0, 0.05) is 43.3 Å². The van der Waals surface area contributed by atoms with E-state index in [1.165, 1.54) is 122 Å². The molecule has 5 aromatic carbocycles. The minimum absolute atomic E-state index is 0.0267. The molecule has 0 radical (unpaired) electrons. The van der Waals surface area contributed by atoms with Crippen molar-refractivity contribution in [3.63, 3.8) is 0 Å². The van der Waals surface area contributed by atoms with Crippen LogP contribution < -0.4 is 25.5 Å². The summed E-state index contributed by atoms with van der Waals surface area (Å²) in [5.41, 5.74) is 22.5. The topological polar surface area (TPSA) is 6.48 Å². The summed E-state index contributed by atoms with van der Waals surface area (Å²) in [6.07, 6.45) is 12.8. The zero-order valence-corrected chi connectivity index (χ0v) is 39.9. The quantitative estimate of drug-likeness (QED) is 0.164. The maximum atomic E-state index is 2.88. The van der Waals surface area contributed by atoms with Crippen molar-refractivity contribution in [2.45, 2.75) is 161 Å². The Morgan fingerprint density at radius 1 is 0.661 bits per heavy atom. The Bertz CT molecular complexity index is 2840. The number of aryl methyl sites for hydroxylation is 1. The van der Waals surface area contributed by atoms with E-state index in [1.54, 1.807) is 27.8 Å². The third-order valence-electron chi connectivity index (χ3n) is 17.0. The zero-order chi connectivity index (χ0) is 42.9. The molecule has 0 atom stereocenters. The van der Waals surface area contributed by atoms with Crippen molar-refractivity contribution in [3.05, 3.63) is 124 Å². The van der Waals surface area contributed by atoms with E-state index in [2.05, 4.69) is 175 Å². The lowest BCUT2D eigenvalue weighted by Gasteiger charge is -2.50. The van der Waals surface area contributed by atoms with Crippen LogP contribution in [0.1, 0.15) is 160 Å². The van der Waals surface area contributed by atoms with Gasteiger partial charge in [-0.1, -0.05) is 112 Å². The van der Waals surface area contributed by atoms with Gasteiger partial charge in [-0.2, -0.15) is 0 Å². The molecule has 3 heterocycles. The fraction of sp³-hybridized carbons (Fsp3) is 0.448. The van der Waals surface area contributed by atoms with Crippen LogP contribution >= 0.6 is 11.3 Å². The van der Waals surface area contributed by atoms with E-state index in [0.717, 1.165) is 18.8 Å². The van der Waals surface area contributed by atoms with Crippen LogP contribution in [-0.4, -0.2) is 6.71 Å². The van der Waals surface area contributed by atoms with E-state index in [1.807, 2.05) is 0 Å². The second kappa shape index (κ2) is 12.9. The van der Waals surface area contributed by atoms with Gasteiger partial charge in [0.25, 0.3) is 6.71 Å². The van der Waals surface area contributed by atoms with Gasteiger partial charge in [-0.3, -0.25) is 0 Å². The number of nitrogens with zero attached hydrogens (tertiary/aromatic N) is 2. The largest absolute Gasteiger partial charge is 0.311 e. The highest BCUT2D eigenvalue weighted by atomic mass is 32.1. The molecule has 0 spiro atoms. The molecule has 62 heavy (non-hydrogen) atoms. The van der Waals surface area contributed by atoms with E-state index in [9.17, 15) is 0 Å². The molecule has 2 nitrogen and oxygen atoms in total. The monoisotopic (exact) mass is 832 g/mol. The highest BCUT2D eigenvalue weighted by molar-refractivity contribution is 7.33. The van der Waals surface area contributed by atoms with Gasteiger partial charge >= 0.3 is 0 Å². The number of rotatable bonds is 3. The van der Waals surface area contributed by atoms with Crippen LogP contribution in [0.3, 0.4) is 0 Å². The van der Waals surface area contributed by atoms with Crippen LogP contribution in [0.15, 0.2) is 84.9 Å². The summed E-state index contributed by atoms with van der Waals surface area (Å²) in [4.78, 5) is 5.64. The van der Waals surface area contributed by atoms with Crippen molar-refractivity contribution in [1.82, 2.24) is 0 Å². The molecule has 4 heteroatoms. The molecule has 0 saturated heterocycles. The van der Waals surface area contributed by atoms with Gasteiger partial charge in [-0.15, -0.1) is 11.3 Å². The van der Waals surface area contributed by atoms with E-state index in [-0.39, 0.29) is 33.8 Å². The molecule has 5 aliphatic carbocycles. The molecule has 13 rings (SSSR count). The molecule has 0 unspecified atom stereocenters. The third-order valence-corrected chi connectivity index (χ3v) is 18.3. The van der Waals surface area contributed by atoms with Crippen molar-refractivity contribution < 1.29 is 0 Å². The first-order chi connectivity index (χ1) is 29.4. The summed E-state index contributed by atoms with van der Waals surface area (Å²) >= 11 is 2.06. The average molecular weight is 833 g/mol. The van der Waals surface area contributed by atoms with Crippen LogP contribution in [0.2, 0.25) is 0 Å². The van der Waals surface area contributed by atoms with Crippen molar-refractivity contribution in [1.29, 1.82) is 0 Å². The predicted molar refractivity (Wildman–Crippen MR) is 269 cm³/mol. The normalized spacial score (nSPS) is 22.7. The summed E-state index contributed by atoms with van der Waals surface area (Å²) in [5, 5.41) is 1.40. The van der Waals surface area contributed by atoms with E-state index in [0.29, 0.717) is 0 Å². The number of hydrogen-bond acceptors (Lipinski definition) is 3. The Hall–Kier alpha value is -4.28. The maximum Gasteiger partial charge on any atom is 0.264 e. The Kier molecular flexibility index (Phi) is 8.20. The minimum Gasteiger partial charge on any atom is -0.311 e. The number of fused-ring (bicyclic) bond motifs is 12. The summed E-state index contributed by atoms with van der Waals surface area (Å²) in [6, 6.07) is 35.1. The molecule has 316 valence electrons. The van der Waals surface area contributed by atoms with Crippen LogP contribution in [0.25, 0.3) is 10.1 Å². The Morgan fingerprint density at radius 3 is 2.03 bits per heavy atom. The summed E-state index contributed by atoms with van der Waals surface area (Å²) in [5.74, 6) is 0.912. The molecule has 2 aliphatic heterocycles. The van der Waals surface area contributed by atoms with Crippen LogP contribution in [0.5, 0.6) is 0 Å². The van der Waals surface area contributed by atoms with E-state index >= 15 is 0 Å². The zero-order valence-electron chi connectivity index (χ0n) is 39.1. The van der Waals surface area contributed by atoms with Gasteiger partial charge < -0.3 is 9.80 Å². The van der Waals surface area contributed by atoms with Crippen LogP contribution in [0.4, 0.5) is 34.1 Å². The molecule has 0 N–H and O–H groups in total. The molecular formula is C58H65BN2S. The minimum atomic E-state index is 0.0267. The van der Waals surface area contributed by atoms with Gasteiger partial charge in [-0.25, -0.2) is 0 Å². The summed E-state index contributed by atoms with van der Waals surface area (Å²) in [7, 11) is 0. The molecule has 3 saturated carbocycles. The fourth-order valence-electron chi connectivity index (χ4n) is 14.0. The van der Waals surface area contributed by atoms with Gasteiger partial charge in [0.1, 0.15) is 0 Å². The van der Waals surface area contributed by atoms with E-state index in [4.69, 9.17) is 0 Å². The standard InChI is InChI=1S/C58H65BN2S/c1-54(2,3)37-17-20-40(21-18-37)60-46-32-39(58-28-25-35(26-29-58)27-30-58)33-47-50(46)59(53-51(60)42-31-38(55(4,5)6)19-24-48(42)62-53)44-23-22-43-49(57(9,10)34-56(43,7)8)52(44)61(47)45-16-12-14-36-13-11-15-41(36)45/h12,14,16-24,31-33,35H,11,13,15,25-30,34H2,1-10H3. The van der Waals surface area contributed by atoms with Crippen LogP contribution in [-0.2, 0) is 39.9 Å². The first-order valence-corrected chi connectivity index (χ1v) is 25.0. The first kappa shape index (κ1) is 39.3. The second-order valence-electron chi connectivity index (χ2n) is 24.0. The highest BCUT2D eigenvalue weighted by Crippen LogP contribution is 2.59. The molecule has 3 fully saturated rings. The van der Waals surface area contributed by atoms with Gasteiger partial charge in [0.05, 0.1) is 5.69 Å². The van der Waals surface area contributed by atoms with Gasteiger partial charge in [0.15, 0.2) is 0 Å². The highest BCUT2D eigenvalue weighted by Gasteiger charge is 2.52. The maximum absolute atomic E-state index is 2.88. The summed E-state index contributed by atoms with van der Waals surface area (Å²) < 4.78 is 2.89. The SMILES string of the molecule is CC(C)(C)c1ccc(N2c3cc(C45CCC(CC4)CC5)cc4c3B(c3ccc5c(c3N4c3cccc4c3CCC4)C(C)(C)CC5(C)C)c3sc4ccc(C(C)(C)C)cc4c32)cc1. The fourth-order valence-corrected chi connectivity index (χ4v) is 15.3. The molecule has 7 aliphatic rings. The molecular weight excluding hydrogens is 768 g/mol. The Morgan fingerprint density at radius 2 is 1.34 bits per heavy atom.